The van der Waals surface area contributed by atoms with E-state index in [1.807, 2.05) is 20.2 Å². The van der Waals surface area contributed by atoms with Crippen molar-refractivity contribution in [1.29, 1.82) is 0 Å². The summed E-state index contributed by atoms with van der Waals surface area (Å²) >= 11 is 0. The Bertz CT molecular complexity index is 295. The third kappa shape index (κ3) is 4.40. The zero-order valence-electron chi connectivity index (χ0n) is 9.69. The second-order valence-corrected chi connectivity index (χ2v) is 4.23. The highest BCUT2D eigenvalue weighted by atomic mass is 16.3. The molecule has 0 fully saturated rings. The Labute approximate surface area is 90.5 Å². The third-order valence-corrected chi connectivity index (χ3v) is 2.14. The molecule has 15 heavy (non-hydrogen) atoms. The quantitative estimate of drug-likeness (QED) is 0.657. The van der Waals surface area contributed by atoms with Gasteiger partial charge in [-0.1, -0.05) is 12.1 Å². The summed E-state index contributed by atoms with van der Waals surface area (Å²) in [6.07, 6.45) is 3.42. The summed E-state index contributed by atoms with van der Waals surface area (Å²) in [4.78, 5) is 0. The second kappa shape index (κ2) is 5.23. The molecule has 0 bridgehead atoms. The first-order chi connectivity index (χ1) is 7.03. The fraction of sp³-hybridized carbons (Fsp3) is 0.800. The van der Waals surface area contributed by atoms with Gasteiger partial charge in [-0.25, -0.2) is 0 Å². The maximum Gasteiger partial charge on any atom is 0.0856 e. The molecule has 2 N–H and O–H groups in total. The van der Waals surface area contributed by atoms with Crippen LogP contribution in [0.1, 0.15) is 26.0 Å². The van der Waals surface area contributed by atoms with E-state index in [4.69, 9.17) is 0 Å². The first kappa shape index (κ1) is 12.1. The molecule has 0 radical (unpaired) electrons. The maximum absolute atomic E-state index is 10.1. The fourth-order valence-corrected chi connectivity index (χ4v) is 1.46. The lowest BCUT2D eigenvalue weighted by Crippen LogP contribution is -2.40. The van der Waals surface area contributed by atoms with Crippen LogP contribution in [0.25, 0.3) is 0 Å². The molecule has 1 unspecified atom stereocenters. The van der Waals surface area contributed by atoms with Crippen molar-refractivity contribution in [3.05, 3.63) is 11.9 Å². The third-order valence-electron chi connectivity index (χ3n) is 2.14. The molecule has 0 saturated carbocycles. The van der Waals surface area contributed by atoms with E-state index in [0.29, 0.717) is 13.0 Å². The molecule has 5 nitrogen and oxygen atoms in total. The van der Waals surface area contributed by atoms with Crippen molar-refractivity contribution >= 4 is 0 Å². The maximum atomic E-state index is 10.1. The van der Waals surface area contributed by atoms with E-state index in [1.165, 1.54) is 0 Å². The summed E-state index contributed by atoms with van der Waals surface area (Å²) in [5.74, 6) is 0. The molecule has 1 heterocycles. The van der Waals surface area contributed by atoms with Crippen LogP contribution in [0.5, 0.6) is 0 Å². The van der Waals surface area contributed by atoms with Gasteiger partial charge < -0.3 is 10.4 Å². The number of hydrogen-bond donors (Lipinski definition) is 2. The second-order valence-electron chi connectivity index (χ2n) is 4.23. The van der Waals surface area contributed by atoms with Crippen molar-refractivity contribution in [2.24, 2.45) is 7.05 Å². The number of hydrogen-bond acceptors (Lipinski definition) is 4. The van der Waals surface area contributed by atoms with Crippen LogP contribution in [0.3, 0.4) is 0 Å². The summed E-state index contributed by atoms with van der Waals surface area (Å²) in [7, 11) is 1.82. The molecule has 1 rings (SSSR count). The lowest BCUT2D eigenvalue weighted by atomic mass is 10.0. The predicted octanol–water partition coefficient (Wildman–Crippen LogP) is 0.108. The number of aryl methyl sites for hydroxylation is 1. The van der Waals surface area contributed by atoms with Crippen LogP contribution < -0.4 is 5.32 Å². The Morgan fingerprint density at radius 1 is 1.60 bits per heavy atom. The monoisotopic (exact) mass is 212 g/mol. The summed E-state index contributed by atoms with van der Waals surface area (Å²) in [6.45, 7) is 5.42. The first-order valence-corrected chi connectivity index (χ1v) is 5.32. The zero-order chi connectivity index (χ0) is 11.3. The van der Waals surface area contributed by atoms with Crippen LogP contribution in [0.2, 0.25) is 0 Å². The van der Waals surface area contributed by atoms with Gasteiger partial charge in [-0.15, -0.1) is 5.10 Å². The number of rotatable bonds is 6. The van der Waals surface area contributed by atoms with Gasteiger partial charge in [-0.05, 0) is 19.9 Å². The van der Waals surface area contributed by atoms with Crippen LogP contribution in [0, 0.1) is 0 Å². The minimum atomic E-state index is -0.759. The van der Waals surface area contributed by atoms with E-state index in [2.05, 4.69) is 22.6 Å². The van der Waals surface area contributed by atoms with Crippen LogP contribution >= 0.6 is 0 Å². The largest absolute Gasteiger partial charge is 0.388 e. The number of aliphatic hydroxyl groups is 1. The molecule has 1 aromatic rings. The van der Waals surface area contributed by atoms with Gasteiger partial charge >= 0.3 is 0 Å². The molecule has 86 valence electrons. The smallest absolute Gasteiger partial charge is 0.0856 e. The normalized spacial score (nSPS) is 15.2. The number of nitrogens with one attached hydrogen (secondary N) is 1. The highest BCUT2D eigenvalue weighted by Gasteiger charge is 2.21. The fourth-order valence-electron chi connectivity index (χ4n) is 1.46. The van der Waals surface area contributed by atoms with Gasteiger partial charge in [-0.2, -0.15) is 0 Å². The zero-order valence-corrected chi connectivity index (χ0v) is 9.69. The van der Waals surface area contributed by atoms with Gasteiger partial charge in [0.2, 0.25) is 0 Å². The van der Waals surface area contributed by atoms with Gasteiger partial charge in [0.25, 0.3) is 0 Å². The van der Waals surface area contributed by atoms with Gasteiger partial charge in [0.1, 0.15) is 0 Å². The number of nitrogens with zero attached hydrogens (tertiary/aromatic N) is 3. The minimum Gasteiger partial charge on any atom is -0.388 e. The lowest BCUT2D eigenvalue weighted by molar-refractivity contribution is 0.0594. The van der Waals surface area contributed by atoms with E-state index in [-0.39, 0.29) is 0 Å². The summed E-state index contributed by atoms with van der Waals surface area (Å²) in [5.41, 5.74) is 0.0615. The van der Waals surface area contributed by atoms with E-state index < -0.39 is 5.60 Å². The first-order valence-electron chi connectivity index (χ1n) is 5.32. The van der Waals surface area contributed by atoms with Gasteiger partial charge in [0.15, 0.2) is 0 Å². The summed E-state index contributed by atoms with van der Waals surface area (Å²) in [6, 6.07) is 0. The van der Waals surface area contributed by atoms with E-state index in [9.17, 15) is 5.11 Å². The van der Waals surface area contributed by atoms with Crippen molar-refractivity contribution in [1.82, 2.24) is 20.3 Å². The van der Waals surface area contributed by atoms with Crippen molar-refractivity contribution in [2.75, 3.05) is 13.1 Å². The summed E-state index contributed by atoms with van der Waals surface area (Å²) < 4.78 is 1.64. The van der Waals surface area contributed by atoms with Crippen molar-refractivity contribution < 1.29 is 5.11 Å². The molecular weight excluding hydrogens is 192 g/mol. The highest BCUT2D eigenvalue weighted by molar-refractivity contribution is 4.98. The Kier molecular flexibility index (Phi) is 4.23. The van der Waals surface area contributed by atoms with Crippen LogP contribution in [-0.2, 0) is 13.5 Å². The topological polar surface area (TPSA) is 63.0 Å². The SMILES string of the molecule is CCCNCC(C)(O)Cc1cn(C)nn1. The molecule has 0 aliphatic rings. The lowest BCUT2D eigenvalue weighted by Gasteiger charge is -2.22. The average molecular weight is 212 g/mol. The van der Waals surface area contributed by atoms with E-state index >= 15 is 0 Å². The Morgan fingerprint density at radius 3 is 2.87 bits per heavy atom. The van der Waals surface area contributed by atoms with Gasteiger partial charge in [-0.3, -0.25) is 4.68 Å². The Balaban J connectivity index is 2.41. The molecule has 5 heteroatoms. The highest BCUT2D eigenvalue weighted by Crippen LogP contribution is 2.09. The summed E-state index contributed by atoms with van der Waals surface area (Å²) in [5, 5.41) is 21.0. The standard InChI is InChI=1S/C10H20N4O/c1-4-5-11-8-10(2,15)6-9-7-14(3)13-12-9/h7,11,15H,4-6,8H2,1-3H3. The molecule has 1 aromatic heterocycles. The average Bonchev–Trinajstić information content (AvgIpc) is 2.50. The van der Waals surface area contributed by atoms with Crippen molar-refractivity contribution in [3.8, 4) is 0 Å². The molecule has 0 spiro atoms. The molecule has 0 amide bonds. The van der Waals surface area contributed by atoms with Crippen LogP contribution in [0.4, 0.5) is 0 Å². The van der Waals surface area contributed by atoms with Gasteiger partial charge in [0, 0.05) is 26.2 Å². The van der Waals surface area contributed by atoms with Crippen molar-refractivity contribution in [3.63, 3.8) is 0 Å². The molecule has 0 saturated heterocycles. The van der Waals surface area contributed by atoms with E-state index in [1.54, 1.807) is 4.68 Å². The molecular formula is C10H20N4O. The Hall–Kier alpha value is -0.940. The van der Waals surface area contributed by atoms with Crippen LogP contribution in [-0.4, -0.2) is 38.8 Å². The minimum absolute atomic E-state index is 0.525. The molecule has 0 aliphatic heterocycles. The van der Waals surface area contributed by atoms with Crippen molar-refractivity contribution in [2.45, 2.75) is 32.3 Å². The molecule has 1 atom stereocenters. The predicted molar refractivity (Wildman–Crippen MR) is 58.5 cm³/mol. The number of aromatic nitrogens is 3. The molecule has 0 aliphatic carbocycles. The van der Waals surface area contributed by atoms with Gasteiger partial charge in [0.05, 0.1) is 11.3 Å². The van der Waals surface area contributed by atoms with E-state index in [0.717, 1.165) is 18.7 Å². The van der Waals surface area contributed by atoms with Crippen LogP contribution in [0.15, 0.2) is 6.20 Å². The Morgan fingerprint density at radius 2 is 2.33 bits per heavy atom. The molecule has 0 aromatic carbocycles.